The van der Waals surface area contributed by atoms with E-state index in [0.29, 0.717) is 5.82 Å². The fourth-order valence-corrected chi connectivity index (χ4v) is 2.36. The van der Waals surface area contributed by atoms with Gasteiger partial charge in [0.1, 0.15) is 17.5 Å². The molecule has 96 valence electrons. The number of nitrogens with two attached hydrogens (primary N) is 1. The zero-order valence-electron chi connectivity index (χ0n) is 10.6. The SMILES string of the molecule is CCc1nc(N)cc(NCCc2nc(C)cs2)n1. The average Bonchev–Trinajstić information content (AvgIpc) is 2.74. The largest absolute Gasteiger partial charge is 0.384 e. The third kappa shape index (κ3) is 3.40. The minimum absolute atomic E-state index is 0.509. The van der Waals surface area contributed by atoms with Gasteiger partial charge in [-0.2, -0.15) is 0 Å². The normalized spacial score (nSPS) is 10.6. The molecule has 0 spiro atoms. The summed E-state index contributed by atoms with van der Waals surface area (Å²) in [6, 6.07) is 1.76. The Morgan fingerprint density at radius 1 is 1.33 bits per heavy atom. The lowest BCUT2D eigenvalue weighted by Crippen LogP contribution is -2.09. The molecule has 0 radical (unpaired) electrons. The lowest BCUT2D eigenvalue weighted by Gasteiger charge is -2.06. The Hall–Kier alpha value is -1.69. The Kier molecular flexibility index (Phi) is 4.09. The molecule has 0 bridgehead atoms. The second-order valence-corrected chi connectivity index (χ2v) is 4.95. The van der Waals surface area contributed by atoms with Crippen molar-refractivity contribution in [3.8, 4) is 0 Å². The van der Waals surface area contributed by atoms with Crippen LogP contribution in [0.5, 0.6) is 0 Å². The van der Waals surface area contributed by atoms with Gasteiger partial charge in [-0.05, 0) is 6.92 Å². The zero-order valence-corrected chi connectivity index (χ0v) is 11.4. The monoisotopic (exact) mass is 263 g/mol. The van der Waals surface area contributed by atoms with E-state index in [2.05, 4.69) is 25.6 Å². The Balaban J connectivity index is 1.91. The number of aromatic nitrogens is 3. The molecule has 0 saturated carbocycles. The van der Waals surface area contributed by atoms with Crippen molar-refractivity contribution in [1.29, 1.82) is 0 Å². The first kappa shape index (κ1) is 12.8. The molecule has 0 atom stereocenters. The number of hydrogen-bond acceptors (Lipinski definition) is 6. The van der Waals surface area contributed by atoms with Crippen LogP contribution in [0.15, 0.2) is 11.4 Å². The summed E-state index contributed by atoms with van der Waals surface area (Å²) in [7, 11) is 0. The van der Waals surface area contributed by atoms with Crippen LogP contribution in [0.3, 0.4) is 0 Å². The molecule has 0 amide bonds. The van der Waals surface area contributed by atoms with Crippen LogP contribution in [-0.2, 0) is 12.8 Å². The highest BCUT2D eigenvalue weighted by Gasteiger charge is 2.02. The molecule has 0 aliphatic heterocycles. The molecule has 0 fully saturated rings. The molecule has 18 heavy (non-hydrogen) atoms. The van der Waals surface area contributed by atoms with Gasteiger partial charge in [-0.1, -0.05) is 6.92 Å². The predicted octanol–water partition coefficient (Wildman–Crippen LogP) is 2.04. The molecule has 0 unspecified atom stereocenters. The second kappa shape index (κ2) is 5.77. The van der Waals surface area contributed by atoms with Gasteiger partial charge >= 0.3 is 0 Å². The van der Waals surface area contributed by atoms with Crippen molar-refractivity contribution in [2.24, 2.45) is 0 Å². The minimum Gasteiger partial charge on any atom is -0.384 e. The fraction of sp³-hybridized carbons (Fsp3) is 0.417. The summed E-state index contributed by atoms with van der Waals surface area (Å²) in [5.41, 5.74) is 6.80. The maximum atomic E-state index is 5.72. The van der Waals surface area contributed by atoms with Gasteiger partial charge in [0.2, 0.25) is 0 Å². The summed E-state index contributed by atoms with van der Waals surface area (Å²) in [5, 5.41) is 6.45. The van der Waals surface area contributed by atoms with Crippen LogP contribution in [0.1, 0.15) is 23.4 Å². The van der Waals surface area contributed by atoms with Crippen molar-refractivity contribution >= 4 is 23.0 Å². The summed E-state index contributed by atoms with van der Waals surface area (Å²) in [6.07, 6.45) is 1.68. The van der Waals surface area contributed by atoms with Gasteiger partial charge < -0.3 is 11.1 Å². The van der Waals surface area contributed by atoms with Crippen molar-refractivity contribution in [3.05, 3.63) is 28.0 Å². The van der Waals surface area contributed by atoms with Crippen molar-refractivity contribution in [2.75, 3.05) is 17.6 Å². The van der Waals surface area contributed by atoms with Crippen LogP contribution in [0, 0.1) is 6.92 Å². The maximum Gasteiger partial charge on any atom is 0.132 e. The summed E-state index contributed by atoms with van der Waals surface area (Å²) in [4.78, 5) is 12.9. The lowest BCUT2D eigenvalue weighted by molar-refractivity contribution is 0.925. The fourth-order valence-electron chi connectivity index (χ4n) is 1.58. The van der Waals surface area contributed by atoms with Crippen molar-refractivity contribution in [3.63, 3.8) is 0 Å². The Bertz CT molecular complexity index is 523. The average molecular weight is 263 g/mol. The van der Waals surface area contributed by atoms with Crippen LogP contribution >= 0.6 is 11.3 Å². The Morgan fingerprint density at radius 3 is 2.83 bits per heavy atom. The van der Waals surface area contributed by atoms with Crippen molar-refractivity contribution in [1.82, 2.24) is 15.0 Å². The molecule has 5 nitrogen and oxygen atoms in total. The number of anilines is 2. The first-order valence-corrected chi connectivity index (χ1v) is 6.83. The van der Waals surface area contributed by atoms with Gasteiger partial charge in [0.05, 0.1) is 5.01 Å². The maximum absolute atomic E-state index is 5.72. The molecule has 0 saturated heterocycles. The first-order valence-electron chi connectivity index (χ1n) is 5.95. The van der Waals surface area contributed by atoms with E-state index in [1.54, 1.807) is 17.4 Å². The van der Waals surface area contributed by atoms with Gasteiger partial charge in [0.25, 0.3) is 0 Å². The van der Waals surface area contributed by atoms with Gasteiger partial charge in [0.15, 0.2) is 0 Å². The van der Waals surface area contributed by atoms with Crippen LogP contribution in [-0.4, -0.2) is 21.5 Å². The quantitative estimate of drug-likeness (QED) is 0.863. The molecule has 2 aromatic rings. The molecule has 3 N–H and O–H groups in total. The van der Waals surface area contributed by atoms with Crippen molar-refractivity contribution in [2.45, 2.75) is 26.7 Å². The van der Waals surface area contributed by atoms with E-state index in [-0.39, 0.29) is 0 Å². The van der Waals surface area contributed by atoms with Crippen LogP contribution in [0.2, 0.25) is 0 Å². The van der Waals surface area contributed by atoms with E-state index >= 15 is 0 Å². The molecule has 2 rings (SSSR count). The smallest absolute Gasteiger partial charge is 0.132 e. The third-order valence-corrected chi connectivity index (χ3v) is 3.45. The second-order valence-electron chi connectivity index (χ2n) is 4.01. The highest BCUT2D eigenvalue weighted by Crippen LogP contribution is 2.11. The van der Waals surface area contributed by atoms with Crippen LogP contribution < -0.4 is 11.1 Å². The number of hydrogen-bond donors (Lipinski definition) is 2. The molecule has 0 aliphatic rings. The van der Waals surface area contributed by atoms with E-state index in [0.717, 1.165) is 41.7 Å². The van der Waals surface area contributed by atoms with Gasteiger partial charge in [-0.3, -0.25) is 0 Å². The summed E-state index contributed by atoms with van der Waals surface area (Å²) in [6.45, 7) is 4.82. The number of thiazole rings is 1. The van der Waals surface area contributed by atoms with Gasteiger partial charge in [-0.15, -0.1) is 11.3 Å². The molecule has 6 heteroatoms. The van der Waals surface area contributed by atoms with Crippen LogP contribution in [0.25, 0.3) is 0 Å². The van der Waals surface area contributed by atoms with Gasteiger partial charge in [-0.25, -0.2) is 15.0 Å². The van der Waals surface area contributed by atoms with E-state index in [4.69, 9.17) is 5.73 Å². The third-order valence-electron chi connectivity index (χ3n) is 2.42. The molecule has 2 aromatic heterocycles. The lowest BCUT2D eigenvalue weighted by atomic mass is 10.4. The van der Waals surface area contributed by atoms with E-state index in [9.17, 15) is 0 Å². The number of nitrogens with one attached hydrogen (secondary N) is 1. The van der Waals surface area contributed by atoms with Crippen LogP contribution in [0.4, 0.5) is 11.6 Å². The number of nitrogen functional groups attached to an aromatic ring is 1. The molecule has 2 heterocycles. The summed E-state index contributed by atoms with van der Waals surface area (Å²) < 4.78 is 0. The first-order chi connectivity index (χ1) is 8.67. The number of nitrogens with zero attached hydrogens (tertiary/aromatic N) is 3. The van der Waals surface area contributed by atoms with E-state index in [1.165, 1.54) is 0 Å². The molecule has 0 aromatic carbocycles. The highest BCUT2D eigenvalue weighted by atomic mass is 32.1. The summed E-state index contributed by atoms with van der Waals surface area (Å²) >= 11 is 1.69. The molecule has 0 aliphatic carbocycles. The Morgan fingerprint density at radius 2 is 2.17 bits per heavy atom. The number of rotatable bonds is 5. The highest BCUT2D eigenvalue weighted by molar-refractivity contribution is 7.09. The number of aryl methyl sites for hydroxylation is 2. The molecular formula is C12H17N5S. The predicted molar refractivity (Wildman–Crippen MR) is 74.9 cm³/mol. The minimum atomic E-state index is 0.509. The zero-order chi connectivity index (χ0) is 13.0. The van der Waals surface area contributed by atoms with E-state index in [1.807, 2.05) is 13.8 Å². The Labute approximate surface area is 111 Å². The van der Waals surface area contributed by atoms with Gasteiger partial charge in [0, 0.05) is 36.5 Å². The van der Waals surface area contributed by atoms with E-state index < -0.39 is 0 Å². The standard InChI is InChI=1S/C12H17N5S/c1-3-10-16-9(13)6-11(17-10)14-5-4-12-15-8(2)7-18-12/h6-7H,3-5H2,1-2H3,(H3,13,14,16,17). The van der Waals surface area contributed by atoms with Crippen molar-refractivity contribution < 1.29 is 0 Å². The summed E-state index contributed by atoms with van der Waals surface area (Å²) in [5.74, 6) is 2.06. The molecular weight excluding hydrogens is 246 g/mol. The topological polar surface area (TPSA) is 76.7 Å².